The summed E-state index contributed by atoms with van der Waals surface area (Å²) in [6.45, 7) is 0. The van der Waals surface area contributed by atoms with E-state index in [1.165, 1.54) is 12.4 Å². The molecule has 2 aromatic rings. The predicted octanol–water partition coefficient (Wildman–Crippen LogP) is 1.68. The zero-order valence-corrected chi connectivity index (χ0v) is 8.85. The minimum atomic E-state index is -1.10. The van der Waals surface area contributed by atoms with Crippen molar-refractivity contribution in [3.05, 3.63) is 54.5 Å². The van der Waals surface area contributed by atoms with Crippen LogP contribution in [0.25, 0.3) is 0 Å². The number of aromatic nitrogens is 2. The Morgan fingerprint density at radius 2 is 2.12 bits per heavy atom. The summed E-state index contributed by atoms with van der Waals surface area (Å²) in [5, 5.41) is 9.11. The second kappa shape index (κ2) is 5.07. The maximum Gasteiger partial charge on any atom is 0.349 e. The van der Waals surface area contributed by atoms with E-state index in [1.54, 1.807) is 36.5 Å². The Bertz CT molecular complexity index is 488. The highest BCUT2D eigenvalue weighted by atomic mass is 16.5. The molecule has 0 saturated carbocycles. The van der Waals surface area contributed by atoms with Crippen LogP contribution in [0.4, 0.5) is 0 Å². The van der Waals surface area contributed by atoms with Gasteiger partial charge in [0.25, 0.3) is 0 Å². The van der Waals surface area contributed by atoms with Gasteiger partial charge in [0.2, 0.25) is 12.0 Å². The fraction of sp³-hybridized carbons (Fsp3) is 0.0833. The second-order valence-corrected chi connectivity index (χ2v) is 3.29. The Hall–Kier alpha value is -2.43. The van der Waals surface area contributed by atoms with Gasteiger partial charge in [-0.3, -0.25) is 4.98 Å². The molecular weight excluding hydrogens is 220 g/mol. The van der Waals surface area contributed by atoms with Crippen molar-refractivity contribution in [2.45, 2.75) is 6.10 Å². The topological polar surface area (TPSA) is 72.3 Å². The standard InChI is InChI=1S/C12H10N2O3/c15-12(16)11(9-4-3-6-13-8-9)17-10-5-1-2-7-14-10/h1-8,11H,(H,15,16). The van der Waals surface area contributed by atoms with E-state index in [0.717, 1.165) is 0 Å². The molecule has 0 fully saturated rings. The van der Waals surface area contributed by atoms with Gasteiger partial charge in [-0.2, -0.15) is 0 Å². The van der Waals surface area contributed by atoms with Gasteiger partial charge < -0.3 is 9.84 Å². The third kappa shape index (κ3) is 2.78. The van der Waals surface area contributed by atoms with Crippen molar-refractivity contribution >= 4 is 5.97 Å². The maximum atomic E-state index is 11.1. The highest BCUT2D eigenvalue weighted by molar-refractivity contribution is 5.74. The molecule has 0 amide bonds. The first-order valence-electron chi connectivity index (χ1n) is 4.98. The molecule has 17 heavy (non-hydrogen) atoms. The van der Waals surface area contributed by atoms with Gasteiger partial charge in [-0.1, -0.05) is 12.1 Å². The highest BCUT2D eigenvalue weighted by Gasteiger charge is 2.22. The molecule has 0 aliphatic heterocycles. The number of hydrogen-bond donors (Lipinski definition) is 1. The van der Waals surface area contributed by atoms with Crippen LogP contribution in [-0.2, 0) is 4.79 Å². The quantitative estimate of drug-likeness (QED) is 0.865. The number of carbonyl (C=O) groups is 1. The molecule has 1 N–H and O–H groups in total. The number of rotatable bonds is 4. The molecular formula is C12H10N2O3. The van der Waals surface area contributed by atoms with Crippen LogP contribution in [-0.4, -0.2) is 21.0 Å². The highest BCUT2D eigenvalue weighted by Crippen LogP contribution is 2.19. The summed E-state index contributed by atoms with van der Waals surface area (Å²) < 4.78 is 5.31. The molecule has 0 bridgehead atoms. The monoisotopic (exact) mass is 230 g/mol. The van der Waals surface area contributed by atoms with Gasteiger partial charge >= 0.3 is 5.97 Å². The lowest BCUT2D eigenvalue weighted by atomic mass is 10.1. The fourth-order valence-electron chi connectivity index (χ4n) is 1.33. The summed E-state index contributed by atoms with van der Waals surface area (Å²) in [6, 6.07) is 8.37. The van der Waals surface area contributed by atoms with Gasteiger partial charge in [0.1, 0.15) is 0 Å². The Balaban J connectivity index is 2.23. The number of carboxylic acids is 1. The SMILES string of the molecule is O=C(O)C(Oc1ccccn1)c1cccnc1. The van der Waals surface area contributed by atoms with Gasteiger partial charge in [0.15, 0.2) is 0 Å². The van der Waals surface area contributed by atoms with Crippen molar-refractivity contribution in [3.8, 4) is 5.88 Å². The molecule has 2 rings (SSSR count). The largest absolute Gasteiger partial charge is 0.478 e. The number of nitrogens with zero attached hydrogens (tertiary/aromatic N) is 2. The molecule has 2 aromatic heterocycles. The van der Waals surface area contributed by atoms with Crippen molar-refractivity contribution in [1.29, 1.82) is 0 Å². The van der Waals surface area contributed by atoms with E-state index in [4.69, 9.17) is 9.84 Å². The molecule has 0 aliphatic rings. The second-order valence-electron chi connectivity index (χ2n) is 3.29. The summed E-state index contributed by atoms with van der Waals surface area (Å²) in [5.74, 6) is -0.813. The summed E-state index contributed by atoms with van der Waals surface area (Å²) >= 11 is 0. The lowest BCUT2D eigenvalue weighted by molar-refractivity contribution is -0.145. The summed E-state index contributed by atoms with van der Waals surface area (Å²) in [5.41, 5.74) is 0.477. The summed E-state index contributed by atoms with van der Waals surface area (Å²) in [4.78, 5) is 18.9. The number of hydrogen-bond acceptors (Lipinski definition) is 4. The molecule has 1 atom stereocenters. The van der Waals surface area contributed by atoms with Gasteiger partial charge in [-0.25, -0.2) is 9.78 Å². The van der Waals surface area contributed by atoms with Crippen LogP contribution >= 0.6 is 0 Å². The van der Waals surface area contributed by atoms with E-state index in [-0.39, 0.29) is 5.88 Å². The first kappa shape index (κ1) is 11.1. The molecule has 86 valence electrons. The van der Waals surface area contributed by atoms with Gasteiger partial charge in [-0.05, 0) is 12.1 Å². The minimum absolute atomic E-state index is 0.267. The average molecular weight is 230 g/mol. The molecule has 2 heterocycles. The predicted molar refractivity (Wildman–Crippen MR) is 59.5 cm³/mol. The number of aliphatic carboxylic acids is 1. The van der Waals surface area contributed by atoms with Crippen LogP contribution in [0, 0.1) is 0 Å². The minimum Gasteiger partial charge on any atom is -0.478 e. The molecule has 5 nitrogen and oxygen atoms in total. The maximum absolute atomic E-state index is 11.1. The van der Waals surface area contributed by atoms with Crippen LogP contribution in [0.5, 0.6) is 5.88 Å². The van der Waals surface area contributed by atoms with E-state index in [2.05, 4.69) is 9.97 Å². The van der Waals surface area contributed by atoms with Crippen LogP contribution in [0.15, 0.2) is 48.9 Å². The Morgan fingerprint density at radius 3 is 2.71 bits per heavy atom. The first-order chi connectivity index (χ1) is 8.27. The van der Waals surface area contributed by atoms with Gasteiger partial charge in [0, 0.05) is 30.2 Å². The lowest BCUT2D eigenvalue weighted by Crippen LogP contribution is -2.18. The van der Waals surface area contributed by atoms with E-state index in [1.807, 2.05) is 0 Å². The molecule has 0 aromatic carbocycles. The zero-order chi connectivity index (χ0) is 12.1. The van der Waals surface area contributed by atoms with Gasteiger partial charge in [0.05, 0.1) is 0 Å². The third-order valence-electron chi connectivity index (χ3n) is 2.09. The van der Waals surface area contributed by atoms with Crippen molar-refractivity contribution in [2.75, 3.05) is 0 Å². The average Bonchev–Trinajstić information content (AvgIpc) is 2.38. The van der Waals surface area contributed by atoms with Crippen molar-refractivity contribution in [3.63, 3.8) is 0 Å². The number of pyridine rings is 2. The van der Waals surface area contributed by atoms with Crippen LogP contribution in [0.3, 0.4) is 0 Å². The fourth-order valence-corrected chi connectivity index (χ4v) is 1.33. The molecule has 5 heteroatoms. The van der Waals surface area contributed by atoms with Crippen molar-refractivity contribution in [1.82, 2.24) is 9.97 Å². The summed E-state index contributed by atoms with van der Waals surface area (Å²) in [6.07, 6.45) is 3.47. The van der Waals surface area contributed by atoms with E-state index in [9.17, 15) is 4.79 Å². The molecule has 0 saturated heterocycles. The van der Waals surface area contributed by atoms with E-state index < -0.39 is 12.1 Å². The number of carboxylic acid groups (broad SMARTS) is 1. The van der Waals surface area contributed by atoms with E-state index in [0.29, 0.717) is 5.56 Å². The molecule has 0 radical (unpaired) electrons. The van der Waals surface area contributed by atoms with Crippen LogP contribution < -0.4 is 4.74 Å². The Kier molecular flexibility index (Phi) is 3.30. The van der Waals surface area contributed by atoms with Gasteiger partial charge in [-0.15, -0.1) is 0 Å². The van der Waals surface area contributed by atoms with Crippen molar-refractivity contribution in [2.24, 2.45) is 0 Å². The van der Waals surface area contributed by atoms with Crippen LogP contribution in [0.2, 0.25) is 0 Å². The summed E-state index contributed by atoms with van der Waals surface area (Å²) in [7, 11) is 0. The third-order valence-corrected chi connectivity index (χ3v) is 2.09. The smallest absolute Gasteiger partial charge is 0.349 e. The molecule has 0 aliphatic carbocycles. The lowest BCUT2D eigenvalue weighted by Gasteiger charge is -2.13. The molecule has 1 unspecified atom stereocenters. The Labute approximate surface area is 97.7 Å². The van der Waals surface area contributed by atoms with E-state index >= 15 is 0 Å². The molecule has 0 spiro atoms. The zero-order valence-electron chi connectivity index (χ0n) is 8.85. The van der Waals surface area contributed by atoms with Crippen LogP contribution in [0.1, 0.15) is 11.7 Å². The first-order valence-corrected chi connectivity index (χ1v) is 4.98. The Morgan fingerprint density at radius 1 is 1.24 bits per heavy atom. The normalized spacial score (nSPS) is 11.8. The van der Waals surface area contributed by atoms with Crippen molar-refractivity contribution < 1.29 is 14.6 Å². The number of ether oxygens (including phenoxy) is 1.